The van der Waals surface area contributed by atoms with Crippen molar-refractivity contribution in [2.75, 3.05) is 16.8 Å². The Hall–Kier alpha value is -1.36. The quantitative estimate of drug-likeness (QED) is 0.922. The van der Waals surface area contributed by atoms with E-state index in [1.165, 1.54) is 0 Å². The molecule has 104 valence electrons. The van der Waals surface area contributed by atoms with Crippen molar-refractivity contribution in [3.8, 4) is 0 Å². The maximum Gasteiger partial charge on any atom is 0.224 e. The van der Waals surface area contributed by atoms with Gasteiger partial charge in [-0.2, -0.15) is 0 Å². The van der Waals surface area contributed by atoms with Gasteiger partial charge in [0, 0.05) is 12.1 Å². The molecule has 0 radical (unpaired) electrons. The third-order valence-corrected chi connectivity index (χ3v) is 5.29. The van der Waals surface area contributed by atoms with E-state index in [-0.39, 0.29) is 29.8 Å². The summed E-state index contributed by atoms with van der Waals surface area (Å²) in [6.07, 6.45) is 0.884. The predicted molar refractivity (Wildman–Crippen MR) is 75.9 cm³/mol. The van der Waals surface area contributed by atoms with Gasteiger partial charge in [0.25, 0.3) is 0 Å². The highest BCUT2D eigenvalue weighted by Crippen LogP contribution is 2.23. The van der Waals surface area contributed by atoms with Crippen LogP contribution in [0.1, 0.15) is 24.0 Å². The van der Waals surface area contributed by atoms with E-state index in [0.717, 1.165) is 16.8 Å². The second kappa shape index (κ2) is 5.33. The molecule has 1 fully saturated rings. The largest absolute Gasteiger partial charge is 0.326 e. The Balaban J connectivity index is 1.95. The maximum atomic E-state index is 11.9. The molecule has 0 aromatic heterocycles. The lowest BCUT2D eigenvalue weighted by molar-refractivity contribution is -0.116. The fourth-order valence-electron chi connectivity index (χ4n) is 2.45. The van der Waals surface area contributed by atoms with Crippen molar-refractivity contribution in [1.82, 2.24) is 0 Å². The average molecular weight is 281 g/mol. The Morgan fingerprint density at radius 1 is 1.37 bits per heavy atom. The van der Waals surface area contributed by atoms with Crippen LogP contribution in [0, 0.1) is 19.8 Å². The van der Waals surface area contributed by atoms with E-state index in [1.807, 2.05) is 32.0 Å². The van der Waals surface area contributed by atoms with Gasteiger partial charge >= 0.3 is 0 Å². The summed E-state index contributed by atoms with van der Waals surface area (Å²) in [5, 5.41) is 2.86. The van der Waals surface area contributed by atoms with Crippen molar-refractivity contribution < 1.29 is 13.2 Å². The van der Waals surface area contributed by atoms with Crippen LogP contribution in [-0.4, -0.2) is 25.8 Å². The van der Waals surface area contributed by atoms with Crippen LogP contribution in [0.3, 0.4) is 0 Å². The molecule has 0 spiro atoms. The van der Waals surface area contributed by atoms with E-state index in [4.69, 9.17) is 0 Å². The molecule has 2 rings (SSSR count). The summed E-state index contributed by atoms with van der Waals surface area (Å²) >= 11 is 0. The van der Waals surface area contributed by atoms with E-state index in [1.54, 1.807) is 0 Å². The highest BCUT2D eigenvalue weighted by atomic mass is 32.2. The lowest BCUT2D eigenvalue weighted by Gasteiger charge is -2.11. The van der Waals surface area contributed by atoms with Crippen LogP contribution in [-0.2, 0) is 14.6 Å². The van der Waals surface area contributed by atoms with Gasteiger partial charge in [0.2, 0.25) is 5.91 Å². The highest BCUT2D eigenvalue weighted by Gasteiger charge is 2.29. The third kappa shape index (κ3) is 3.80. The summed E-state index contributed by atoms with van der Waals surface area (Å²) < 4.78 is 22.7. The summed E-state index contributed by atoms with van der Waals surface area (Å²) in [6.45, 7) is 3.95. The number of carbonyl (C=O) groups excluding carboxylic acids is 1. The fraction of sp³-hybridized carbons (Fsp3) is 0.500. The van der Waals surface area contributed by atoms with E-state index in [2.05, 4.69) is 5.32 Å². The molecule has 0 saturated carbocycles. The Kier molecular flexibility index (Phi) is 3.94. The molecule has 1 saturated heterocycles. The van der Waals surface area contributed by atoms with Crippen LogP contribution in [0.15, 0.2) is 18.2 Å². The third-order valence-electron chi connectivity index (χ3n) is 3.46. The summed E-state index contributed by atoms with van der Waals surface area (Å²) in [7, 11) is -2.91. The lowest BCUT2D eigenvalue weighted by Crippen LogP contribution is -2.17. The number of anilines is 1. The minimum absolute atomic E-state index is 0.0317. The molecule has 0 aliphatic carbocycles. The number of carbonyl (C=O) groups is 1. The number of hydrogen-bond acceptors (Lipinski definition) is 3. The number of amides is 1. The topological polar surface area (TPSA) is 63.2 Å². The van der Waals surface area contributed by atoms with Gasteiger partial charge in [0.1, 0.15) is 0 Å². The zero-order valence-corrected chi connectivity index (χ0v) is 12.1. The van der Waals surface area contributed by atoms with Crippen molar-refractivity contribution in [2.24, 2.45) is 5.92 Å². The van der Waals surface area contributed by atoms with Crippen molar-refractivity contribution in [3.63, 3.8) is 0 Å². The van der Waals surface area contributed by atoms with E-state index >= 15 is 0 Å². The minimum Gasteiger partial charge on any atom is -0.326 e. The van der Waals surface area contributed by atoms with Crippen molar-refractivity contribution in [2.45, 2.75) is 26.7 Å². The Morgan fingerprint density at radius 2 is 2.11 bits per heavy atom. The van der Waals surface area contributed by atoms with Gasteiger partial charge in [-0.3, -0.25) is 4.79 Å². The van der Waals surface area contributed by atoms with Crippen molar-refractivity contribution in [3.05, 3.63) is 29.3 Å². The fourth-order valence-corrected chi connectivity index (χ4v) is 4.31. The molecule has 1 aromatic carbocycles. The first kappa shape index (κ1) is 14.1. The summed E-state index contributed by atoms with van der Waals surface area (Å²) in [4.78, 5) is 11.9. The smallest absolute Gasteiger partial charge is 0.224 e. The first-order valence-corrected chi connectivity index (χ1v) is 8.25. The molecule has 5 heteroatoms. The summed E-state index contributed by atoms with van der Waals surface area (Å²) in [5.74, 6) is 0.228. The standard InChI is InChI=1S/C14H19NO3S/c1-10-3-4-13(11(2)7-10)15-14(16)8-12-5-6-19(17,18)9-12/h3-4,7,12H,5-6,8-9H2,1-2H3,(H,15,16)/t12-/m0/s1. The molecular weight excluding hydrogens is 262 g/mol. The second-order valence-corrected chi connectivity index (χ2v) is 7.57. The average Bonchev–Trinajstić information content (AvgIpc) is 2.62. The van der Waals surface area contributed by atoms with Gasteiger partial charge in [-0.25, -0.2) is 8.42 Å². The second-order valence-electron chi connectivity index (χ2n) is 5.34. The molecule has 1 aliphatic rings. The SMILES string of the molecule is Cc1ccc(NC(=O)C[C@@H]2CCS(=O)(=O)C2)c(C)c1. The maximum absolute atomic E-state index is 11.9. The van der Waals surface area contributed by atoms with Crippen LogP contribution in [0.4, 0.5) is 5.69 Å². The van der Waals surface area contributed by atoms with Gasteiger partial charge in [0.15, 0.2) is 9.84 Å². The van der Waals surface area contributed by atoms with E-state index < -0.39 is 9.84 Å². The zero-order chi connectivity index (χ0) is 14.0. The number of nitrogens with one attached hydrogen (secondary N) is 1. The van der Waals surface area contributed by atoms with Gasteiger partial charge in [-0.05, 0) is 37.8 Å². The predicted octanol–water partition coefficient (Wildman–Crippen LogP) is 2.07. The van der Waals surface area contributed by atoms with Crippen molar-refractivity contribution in [1.29, 1.82) is 0 Å². The molecule has 1 aliphatic heterocycles. The van der Waals surface area contributed by atoms with Gasteiger partial charge < -0.3 is 5.32 Å². The van der Waals surface area contributed by atoms with Crippen LogP contribution < -0.4 is 5.32 Å². The Bertz CT molecular complexity index is 593. The molecular formula is C14H19NO3S. The van der Waals surface area contributed by atoms with Gasteiger partial charge in [-0.1, -0.05) is 17.7 Å². The zero-order valence-electron chi connectivity index (χ0n) is 11.3. The molecule has 1 amide bonds. The first-order chi connectivity index (χ1) is 8.85. The number of sulfone groups is 1. The number of aryl methyl sites for hydroxylation is 2. The molecule has 4 nitrogen and oxygen atoms in total. The number of rotatable bonds is 3. The number of benzene rings is 1. The van der Waals surface area contributed by atoms with Crippen LogP contribution >= 0.6 is 0 Å². The monoisotopic (exact) mass is 281 g/mol. The van der Waals surface area contributed by atoms with Gasteiger partial charge in [0.05, 0.1) is 11.5 Å². The Labute approximate surface area is 114 Å². The van der Waals surface area contributed by atoms with Crippen LogP contribution in [0.5, 0.6) is 0 Å². The molecule has 19 heavy (non-hydrogen) atoms. The van der Waals surface area contributed by atoms with Crippen LogP contribution in [0.2, 0.25) is 0 Å². The van der Waals surface area contributed by atoms with Gasteiger partial charge in [-0.15, -0.1) is 0 Å². The molecule has 1 atom stereocenters. The minimum atomic E-state index is -2.91. The van der Waals surface area contributed by atoms with E-state index in [9.17, 15) is 13.2 Å². The van der Waals surface area contributed by atoms with Crippen molar-refractivity contribution >= 4 is 21.4 Å². The first-order valence-electron chi connectivity index (χ1n) is 6.43. The Morgan fingerprint density at radius 3 is 2.68 bits per heavy atom. The van der Waals surface area contributed by atoms with Crippen LogP contribution in [0.25, 0.3) is 0 Å². The number of hydrogen-bond donors (Lipinski definition) is 1. The lowest BCUT2D eigenvalue weighted by atomic mass is 10.0. The molecule has 1 N–H and O–H groups in total. The summed E-state index contributed by atoms with van der Waals surface area (Å²) in [5.41, 5.74) is 2.97. The summed E-state index contributed by atoms with van der Waals surface area (Å²) in [6, 6.07) is 5.84. The molecule has 1 aromatic rings. The normalized spacial score (nSPS) is 21.3. The molecule has 0 bridgehead atoms. The molecule has 1 heterocycles. The highest BCUT2D eigenvalue weighted by molar-refractivity contribution is 7.91. The van der Waals surface area contributed by atoms with E-state index in [0.29, 0.717) is 6.42 Å². The molecule has 0 unspecified atom stereocenters.